The highest BCUT2D eigenvalue weighted by Gasteiger charge is 2.28. The van der Waals surface area contributed by atoms with Gasteiger partial charge in [-0.2, -0.15) is 0 Å². The van der Waals surface area contributed by atoms with Gasteiger partial charge in [-0.05, 0) is 37.0 Å². The Morgan fingerprint density at radius 3 is 2.96 bits per heavy atom. The fourth-order valence-corrected chi connectivity index (χ4v) is 4.26. The van der Waals surface area contributed by atoms with Crippen LogP contribution < -0.4 is 4.90 Å². The van der Waals surface area contributed by atoms with E-state index in [1.54, 1.807) is 28.6 Å². The molecule has 5 nitrogen and oxygen atoms in total. The van der Waals surface area contributed by atoms with Crippen molar-refractivity contribution in [2.24, 2.45) is 0 Å². The Balaban J connectivity index is 1.44. The van der Waals surface area contributed by atoms with Crippen molar-refractivity contribution in [2.75, 3.05) is 11.4 Å². The molecule has 0 bridgehead atoms. The first kappa shape index (κ1) is 14.7. The van der Waals surface area contributed by atoms with Crippen molar-refractivity contribution in [1.82, 2.24) is 15.0 Å². The normalized spacial score (nSPS) is 16.1. The third kappa shape index (κ3) is 2.62. The van der Waals surface area contributed by atoms with Crippen LogP contribution in [0.1, 0.15) is 39.8 Å². The summed E-state index contributed by atoms with van der Waals surface area (Å²) in [5, 5.41) is 3.40. The molecule has 1 aliphatic carbocycles. The summed E-state index contributed by atoms with van der Waals surface area (Å²) in [6, 6.07) is 6.26. The lowest BCUT2D eigenvalue weighted by Crippen LogP contribution is -2.29. The quantitative estimate of drug-likeness (QED) is 0.724. The Kier molecular flexibility index (Phi) is 3.38. The molecular formula is C19H16N4OS. The zero-order valence-corrected chi connectivity index (χ0v) is 14.4. The van der Waals surface area contributed by atoms with Gasteiger partial charge in [0.15, 0.2) is 0 Å². The van der Waals surface area contributed by atoms with Crippen LogP contribution in [0.15, 0.2) is 42.2 Å². The summed E-state index contributed by atoms with van der Waals surface area (Å²) in [5.41, 5.74) is 4.73. The molecule has 1 aliphatic heterocycles. The molecule has 1 aromatic carbocycles. The lowest BCUT2D eigenvalue weighted by molar-refractivity contribution is 0.0984. The van der Waals surface area contributed by atoms with E-state index in [0.29, 0.717) is 18.2 Å². The Labute approximate surface area is 149 Å². The molecule has 0 N–H and O–H groups in total. The minimum absolute atomic E-state index is 0.0933. The summed E-state index contributed by atoms with van der Waals surface area (Å²) < 4.78 is 0. The maximum absolute atomic E-state index is 12.7. The molecule has 0 saturated heterocycles. The van der Waals surface area contributed by atoms with Crippen LogP contribution in [0.3, 0.4) is 0 Å². The minimum Gasteiger partial charge on any atom is -0.306 e. The van der Waals surface area contributed by atoms with Gasteiger partial charge in [0.05, 0.1) is 16.9 Å². The molecule has 3 aromatic rings. The molecule has 124 valence electrons. The second kappa shape index (κ2) is 5.74. The summed E-state index contributed by atoms with van der Waals surface area (Å²) in [4.78, 5) is 27.4. The Hall–Kier alpha value is -2.60. The maximum atomic E-state index is 12.7. The van der Waals surface area contributed by atoms with Crippen LogP contribution in [-0.4, -0.2) is 27.4 Å². The van der Waals surface area contributed by atoms with Gasteiger partial charge in [-0.15, -0.1) is 11.3 Å². The second-order valence-corrected chi connectivity index (χ2v) is 7.38. The van der Waals surface area contributed by atoms with E-state index < -0.39 is 0 Å². The molecule has 0 spiro atoms. The van der Waals surface area contributed by atoms with Crippen LogP contribution in [0.4, 0.5) is 5.69 Å². The van der Waals surface area contributed by atoms with E-state index in [2.05, 4.69) is 27.5 Å². The number of nitrogens with zero attached hydrogens (tertiary/aromatic N) is 4. The van der Waals surface area contributed by atoms with E-state index >= 15 is 0 Å². The molecular weight excluding hydrogens is 332 g/mol. The zero-order chi connectivity index (χ0) is 16.8. The van der Waals surface area contributed by atoms with Gasteiger partial charge in [-0.3, -0.25) is 9.78 Å². The summed E-state index contributed by atoms with van der Waals surface area (Å²) in [6.45, 7) is 0.679. The van der Waals surface area contributed by atoms with E-state index in [1.807, 2.05) is 6.07 Å². The molecule has 3 heterocycles. The summed E-state index contributed by atoms with van der Waals surface area (Å²) in [5.74, 6) is 0.595. The SMILES string of the molecule is O=C(c1cnccn1)N1CCc2cc(-c3csc(C4CC4)n3)ccc21. The van der Waals surface area contributed by atoms with Crippen molar-refractivity contribution < 1.29 is 4.79 Å². The van der Waals surface area contributed by atoms with Crippen LogP contribution >= 0.6 is 11.3 Å². The van der Waals surface area contributed by atoms with Crippen molar-refractivity contribution in [1.29, 1.82) is 0 Å². The fraction of sp³-hybridized carbons (Fsp3) is 0.263. The topological polar surface area (TPSA) is 59.0 Å². The van der Waals surface area contributed by atoms with Crippen LogP contribution in [0.25, 0.3) is 11.3 Å². The number of anilines is 1. The highest BCUT2D eigenvalue weighted by Crippen LogP contribution is 2.43. The van der Waals surface area contributed by atoms with Crippen molar-refractivity contribution in [3.63, 3.8) is 0 Å². The van der Waals surface area contributed by atoms with E-state index in [-0.39, 0.29) is 5.91 Å². The number of fused-ring (bicyclic) bond motifs is 1. The van der Waals surface area contributed by atoms with Crippen LogP contribution in [-0.2, 0) is 6.42 Å². The zero-order valence-electron chi connectivity index (χ0n) is 13.6. The third-order valence-corrected chi connectivity index (χ3v) is 5.75. The molecule has 5 rings (SSSR count). The van der Waals surface area contributed by atoms with E-state index in [0.717, 1.165) is 23.4 Å². The first-order valence-corrected chi connectivity index (χ1v) is 9.34. The maximum Gasteiger partial charge on any atom is 0.278 e. The van der Waals surface area contributed by atoms with Crippen molar-refractivity contribution in [3.8, 4) is 11.3 Å². The van der Waals surface area contributed by atoms with Crippen LogP contribution in [0.5, 0.6) is 0 Å². The average Bonchev–Trinajstić information content (AvgIpc) is 3.24. The highest BCUT2D eigenvalue weighted by molar-refractivity contribution is 7.10. The van der Waals surface area contributed by atoms with Gasteiger partial charge in [-0.1, -0.05) is 6.07 Å². The number of hydrogen-bond donors (Lipinski definition) is 0. The Morgan fingerprint density at radius 2 is 2.16 bits per heavy atom. The minimum atomic E-state index is -0.0933. The molecule has 6 heteroatoms. The Bertz CT molecular complexity index is 949. The predicted molar refractivity (Wildman–Crippen MR) is 96.9 cm³/mol. The van der Waals surface area contributed by atoms with Gasteiger partial charge in [0.2, 0.25) is 0 Å². The molecule has 25 heavy (non-hydrogen) atoms. The lowest BCUT2D eigenvalue weighted by atomic mass is 10.1. The van der Waals surface area contributed by atoms with Gasteiger partial charge < -0.3 is 4.90 Å². The van der Waals surface area contributed by atoms with E-state index in [4.69, 9.17) is 4.98 Å². The van der Waals surface area contributed by atoms with Crippen LogP contribution in [0.2, 0.25) is 0 Å². The molecule has 2 aromatic heterocycles. The monoisotopic (exact) mass is 348 g/mol. The average molecular weight is 348 g/mol. The predicted octanol–water partition coefficient (Wildman–Crippen LogP) is 3.68. The molecule has 1 amide bonds. The largest absolute Gasteiger partial charge is 0.306 e. The molecule has 2 aliphatic rings. The smallest absolute Gasteiger partial charge is 0.278 e. The molecule has 0 unspecified atom stereocenters. The number of carbonyl (C=O) groups is 1. The first-order valence-electron chi connectivity index (χ1n) is 8.46. The van der Waals surface area contributed by atoms with Gasteiger partial charge in [0.25, 0.3) is 5.91 Å². The molecule has 0 radical (unpaired) electrons. The molecule has 1 saturated carbocycles. The van der Waals surface area contributed by atoms with Gasteiger partial charge in [0, 0.05) is 41.5 Å². The van der Waals surface area contributed by atoms with E-state index in [1.165, 1.54) is 29.6 Å². The first-order chi connectivity index (χ1) is 12.3. The lowest BCUT2D eigenvalue weighted by Gasteiger charge is -2.16. The number of rotatable bonds is 3. The second-order valence-electron chi connectivity index (χ2n) is 6.49. The summed E-state index contributed by atoms with van der Waals surface area (Å²) in [7, 11) is 0. The van der Waals surface area contributed by atoms with Crippen molar-refractivity contribution in [3.05, 3.63) is 58.4 Å². The van der Waals surface area contributed by atoms with Crippen LogP contribution in [0, 0.1) is 0 Å². The third-order valence-electron chi connectivity index (χ3n) is 4.75. The molecule has 0 atom stereocenters. The molecule has 1 fully saturated rings. The number of thiazole rings is 1. The number of benzene rings is 1. The number of aromatic nitrogens is 3. The number of carbonyl (C=O) groups excluding carboxylic acids is 1. The van der Waals surface area contributed by atoms with Gasteiger partial charge >= 0.3 is 0 Å². The summed E-state index contributed by atoms with van der Waals surface area (Å²) in [6.07, 6.45) is 8.04. The highest BCUT2D eigenvalue weighted by atomic mass is 32.1. The fourth-order valence-electron chi connectivity index (χ4n) is 3.26. The van der Waals surface area contributed by atoms with Crippen molar-refractivity contribution >= 4 is 22.9 Å². The van der Waals surface area contributed by atoms with Gasteiger partial charge in [-0.25, -0.2) is 9.97 Å². The van der Waals surface area contributed by atoms with Crippen molar-refractivity contribution in [2.45, 2.75) is 25.2 Å². The number of hydrogen-bond acceptors (Lipinski definition) is 5. The van der Waals surface area contributed by atoms with E-state index in [9.17, 15) is 4.79 Å². The number of amides is 1. The summed E-state index contributed by atoms with van der Waals surface area (Å²) >= 11 is 1.76. The Morgan fingerprint density at radius 1 is 1.24 bits per heavy atom. The standard InChI is InChI=1S/C19H16N4OS/c24-19(15-10-20-6-7-21-15)23-8-5-14-9-13(3-4-17(14)23)16-11-25-18(22-16)12-1-2-12/h3-4,6-7,9-12H,1-2,5,8H2. The van der Waals surface area contributed by atoms with Gasteiger partial charge in [0.1, 0.15) is 5.69 Å².